The second-order valence-corrected chi connectivity index (χ2v) is 2.62. The van der Waals surface area contributed by atoms with E-state index in [-0.39, 0.29) is 5.57 Å². The molecule has 0 atom stereocenters. The fourth-order valence-electron chi connectivity index (χ4n) is 0.613. The highest BCUT2D eigenvalue weighted by Gasteiger charge is 2.34. The van der Waals surface area contributed by atoms with Crippen LogP contribution in [0.3, 0.4) is 0 Å². The summed E-state index contributed by atoms with van der Waals surface area (Å²) in [7, 11) is 0. The third kappa shape index (κ3) is 4.80. The Labute approximate surface area is 76.6 Å². The summed E-state index contributed by atoms with van der Waals surface area (Å²) < 4.78 is 70.6. The van der Waals surface area contributed by atoms with Crippen LogP contribution in [0.4, 0.5) is 26.3 Å². The Morgan fingerprint density at radius 2 is 1.36 bits per heavy atom. The predicted molar refractivity (Wildman–Crippen MR) is 38.3 cm³/mol. The van der Waals surface area contributed by atoms with Crippen molar-refractivity contribution in [3.05, 3.63) is 11.1 Å². The molecule has 0 aliphatic heterocycles. The molecule has 14 heavy (non-hydrogen) atoms. The number of allylic oxidation sites excluding steroid dienone is 2. The van der Waals surface area contributed by atoms with Crippen LogP contribution in [0.5, 0.6) is 0 Å². The van der Waals surface area contributed by atoms with Crippen LogP contribution in [0.25, 0.3) is 0 Å². The van der Waals surface area contributed by atoms with Crippen LogP contribution in [0, 0.1) is 11.8 Å². The second kappa shape index (κ2) is 3.95. The van der Waals surface area contributed by atoms with Gasteiger partial charge in [0.25, 0.3) is 0 Å². The van der Waals surface area contributed by atoms with Crippen LogP contribution in [0.15, 0.2) is 11.1 Å². The Morgan fingerprint density at radius 3 is 1.57 bits per heavy atom. The average Bonchev–Trinajstić information content (AvgIpc) is 1.79. The molecule has 6 heteroatoms. The van der Waals surface area contributed by atoms with Gasteiger partial charge in [0.1, 0.15) is 5.57 Å². The van der Waals surface area contributed by atoms with Crippen molar-refractivity contribution < 1.29 is 26.3 Å². The third-order valence-corrected chi connectivity index (χ3v) is 1.11. The van der Waals surface area contributed by atoms with E-state index in [1.807, 2.05) is 0 Å². The van der Waals surface area contributed by atoms with E-state index in [0.29, 0.717) is 5.92 Å². The number of alkyl halides is 6. The van der Waals surface area contributed by atoms with Gasteiger partial charge in [0.05, 0.1) is 0 Å². The summed E-state index contributed by atoms with van der Waals surface area (Å²) in [6, 6.07) is 0. The van der Waals surface area contributed by atoms with E-state index in [0.717, 1.165) is 19.8 Å². The lowest BCUT2D eigenvalue weighted by molar-refractivity contribution is -0.0883. The van der Waals surface area contributed by atoms with Crippen LogP contribution in [0.1, 0.15) is 13.8 Å². The summed E-state index contributed by atoms with van der Waals surface area (Å²) in [6.07, 6.45) is -9.75. The lowest BCUT2D eigenvalue weighted by Gasteiger charge is -2.07. The maximum atomic E-state index is 12.0. The van der Waals surface area contributed by atoms with Crippen molar-refractivity contribution in [2.45, 2.75) is 26.2 Å². The lowest BCUT2D eigenvalue weighted by atomic mass is 10.1. The van der Waals surface area contributed by atoms with Gasteiger partial charge in [-0.2, -0.15) is 26.3 Å². The van der Waals surface area contributed by atoms with Gasteiger partial charge < -0.3 is 0 Å². The van der Waals surface area contributed by atoms with Gasteiger partial charge in [0, 0.05) is 5.92 Å². The highest BCUT2D eigenvalue weighted by Crippen LogP contribution is 2.28. The van der Waals surface area contributed by atoms with Gasteiger partial charge in [0.2, 0.25) is 0 Å². The van der Waals surface area contributed by atoms with E-state index < -0.39 is 17.9 Å². The zero-order valence-electron chi connectivity index (χ0n) is 7.27. The molecule has 0 aromatic rings. The minimum atomic E-state index is -4.91. The van der Waals surface area contributed by atoms with E-state index in [2.05, 4.69) is 0 Å². The highest BCUT2D eigenvalue weighted by molar-refractivity contribution is 5.36. The Morgan fingerprint density at radius 1 is 0.929 bits per heavy atom. The van der Waals surface area contributed by atoms with Crippen molar-refractivity contribution >= 4 is 0 Å². The summed E-state index contributed by atoms with van der Waals surface area (Å²) >= 11 is 0. The first-order valence-corrected chi connectivity index (χ1v) is 3.38. The maximum absolute atomic E-state index is 12.0. The molecule has 0 amide bonds. The fourth-order valence-corrected chi connectivity index (χ4v) is 0.613. The third-order valence-electron chi connectivity index (χ3n) is 1.11. The van der Waals surface area contributed by atoms with Crippen LogP contribution in [-0.2, 0) is 0 Å². The summed E-state index contributed by atoms with van der Waals surface area (Å²) in [4.78, 5) is 0. The van der Waals surface area contributed by atoms with Gasteiger partial charge in [0.15, 0.2) is 0 Å². The molecule has 0 aromatic carbocycles. The number of hydrogen-bond donors (Lipinski definition) is 0. The smallest absolute Gasteiger partial charge is 0.165 e. The molecule has 0 nitrogen and oxygen atoms in total. The minimum absolute atomic E-state index is 0.297. The van der Waals surface area contributed by atoms with Crippen LogP contribution in [-0.4, -0.2) is 12.4 Å². The normalized spacial score (nSPS) is 11.7. The number of halogens is 6. The van der Waals surface area contributed by atoms with Crippen LogP contribution >= 0.6 is 0 Å². The van der Waals surface area contributed by atoms with E-state index in [1.54, 1.807) is 0 Å². The summed E-state index contributed by atoms with van der Waals surface area (Å²) in [6.45, 7) is 2.10. The molecule has 80 valence electrons. The molecule has 0 aromatic heterocycles. The molecule has 0 fully saturated rings. The number of hydrogen-bond acceptors (Lipinski definition) is 0. The van der Waals surface area contributed by atoms with Crippen LogP contribution < -0.4 is 0 Å². The summed E-state index contributed by atoms with van der Waals surface area (Å²) in [5.74, 6) is 1.66. The first-order chi connectivity index (χ1) is 6.04. The van der Waals surface area contributed by atoms with Gasteiger partial charge in [-0.05, 0) is 13.8 Å². The largest absolute Gasteiger partial charge is 0.458 e. The molecule has 0 bridgehead atoms. The molecular formula is C8H6F6. The molecule has 0 aliphatic carbocycles. The van der Waals surface area contributed by atoms with E-state index in [1.165, 1.54) is 0 Å². The molecule has 0 aliphatic rings. The zero-order chi connectivity index (χ0) is 11.6. The molecule has 0 spiro atoms. The molecule has 0 saturated carbocycles. The van der Waals surface area contributed by atoms with Gasteiger partial charge in [-0.25, -0.2) is 0 Å². The Kier molecular flexibility index (Phi) is 3.63. The molecular weight excluding hydrogens is 210 g/mol. The Balaban J connectivity index is 5.11. The fraction of sp³-hybridized carbons (Fsp3) is 0.500. The lowest BCUT2D eigenvalue weighted by Crippen LogP contribution is -2.13. The quantitative estimate of drug-likeness (QED) is 0.429. The van der Waals surface area contributed by atoms with E-state index >= 15 is 0 Å². The maximum Gasteiger partial charge on any atom is 0.458 e. The summed E-state index contributed by atoms with van der Waals surface area (Å²) in [5, 5.41) is 0. The number of rotatable bonds is 0. The Hall–Kier alpha value is -1.12. The standard InChI is InChI=1S/C8H6F6/c1-5(2)6(8(12,13)14)3-4-7(9,10)11/h1-2H3. The van der Waals surface area contributed by atoms with Gasteiger partial charge >= 0.3 is 12.4 Å². The highest BCUT2D eigenvalue weighted by atomic mass is 19.4. The van der Waals surface area contributed by atoms with E-state index in [9.17, 15) is 26.3 Å². The SMILES string of the molecule is CC(C)=C(C#CC(F)(F)F)C(F)(F)F. The monoisotopic (exact) mass is 216 g/mol. The molecule has 0 N–H and O–H groups in total. The van der Waals surface area contributed by atoms with Crippen molar-refractivity contribution in [1.82, 2.24) is 0 Å². The molecule has 0 radical (unpaired) electrons. The summed E-state index contributed by atoms with van der Waals surface area (Å²) in [5.41, 5.74) is -1.75. The van der Waals surface area contributed by atoms with Crippen molar-refractivity contribution in [3.63, 3.8) is 0 Å². The first kappa shape index (κ1) is 12.9. The first-order valence-electron chi connectivity index (χ1n) is 3.38. The molecule has 0 heterocycles. The molecule has 0 unspecified atom stereocenters. The van der Waals surface area contributed by atoms with E-state index in [4.69, 9.17) is 0 Å². The zero-order valence-corrected chi connectivity index (χ0v) is 7.27. The topological polar surface area (TPSA) is 0 Å². The van der Waals surface area contributed by atoms with Gasteiger partial charge in [-0.1, -0.05) is 11.5 Å². The average molecular weight is 216 g/mol. The predicted octanol–water partition coefficient (Wildman–Crippen LogP) is 3.45. The van der Waals surface area contributed by atoms with Crippen molar-refractivity contribution in [2.24, 2.45) is 0 Å². The molecule has 0 rings (SSSR count). The van der Waals surface area contributed by atoms with Crippen molar-refractivity contribution in [2.75, 3.05) is 0 Å². The molecule has 0 saturated heterocycles. The van der Waals surface area contributed by atoms with Gasteiger partial charge in [-0.3, -0.25) is 0 Å². The second-order valence-electron chi connectivity index (χ2n) is 2.62. The Bertz CT molecular complexity index is 289. The van der Waals surface area contributed by atoms with Crippen molar-refractivity contribution in [3.8, 4) is 11.8 Å². The van der Waals surface area contributed by atoms with Crippen molar-refractivity contribution in [1.29, 1.82) is 0 Å². The minimum Gasteiger partial charge on any atom is -0.165 e. The van der Waals surface area contributed by atoms with Gasteiger partial charge in [-0.15, -0.1) is 0 Å². The van der Waals surface area contributed by atoms with Crippen LogP contribution in [0.2, 0.25) is 0 Å².